The van der Waals surface area contributed by atoms with Crippen molar-refractivity contribution < 1.29 is 23.9 Å². The Hall–Kier alpha value is -3.49. The predicted molar refractivity (Wildman–Crippen MR) is 128 cm³/mol. The van der Waals surface area contributed by atoms with Crippen molar-refractivity contribution in [3.8, 4) is 5.75 Å². The predicted octanol–water partition coefficient (Wildman–Crippen LogP) is 2.35. The van der Waals surface area contributed by atoms with E-state index in [1.165, 1.54) is 4.90 Å². The number of carbonyl (C=O) groups is 4. The Bertz CT molecular complexity index is 1110. The summed E-state index contributed by atoms with van der Waals surface area (Å²) in [4.78, 5) is 57.3. The van der Waals surface area contributed by atoms with E-state index in [2.05, 4.69) is 16.4 Å². The number of amides is 4. The number of benzene rings is 1. The minimum absolute atomic E-state index is 0.0205. The summed E-state index contributed by atoms with van der Waals surface area (Å²) in [6.07, 6.45) is 9.43. The molecule has 2 saturated heterocycles. The molecule has 4 aliphatic heterocycles. The molecule has 35 heavy (non-hydrogen) atoms. The third-order valence-corrected chi connectivity index (χ3v) is 7.20. The highest BCUT2D eigenvalue weighted by Gasteiger charge is 2.39. The molecular formula is C26H30N4O5. The van der Waals surface area contributed by atoms with Crippen molar-refractivity contribution in [2.75, 3.05) is 13.2 Å². The number of carbonyl (C=O) groups excluding carboxylic acids is 4. The lowest BCUT2D eigenvalue weighted by Crippen LogP contribution is -2.52. The Morgan fingerprint density at radius 1 is 1.17 bits per heavy atom. The van der Waals surface area contributed by atoms with Crippen LogP contribution in [0.5, 0.6) is 5.75 Å². The second kappa shape index (κ2) is 10.0. The molecule has 9 nitrogen and oxygen atoms in total. The fraction of sp³-hybridized carbons (Fsp3) is 0.500. The highest BCUT2D eigenvalue weighted by atomic mass is 16.5. The van der Waals surface area contributed by atoms with E-state index in [9.17, 15) is 19.2 Å². The molecule has 1 aromatic carbocycles. The van der Waals surface area contributed by atoms with Gasteiger partial charge in [0.25, 0.3) is 5.91 Å². The summed E-state index contributed by atoms with van der Waals surface area (Å²) in [5.41, 5.74) is 2.35. The number of rotatable bonds is 7. The van der Waals surface area contributed by atoms with Crippen molar-refractivity contribution in [1.82, 2.24) is 15.1 Å². The molecule has 0 bridgehead atoms. The molecular weight excluding hydrogens is 448 g/mol. The van der Waals surface area contributed by atoms with Gasteiger partial charge >= 0.3 is 0 Å². The van der Waals surface area contributed by atoms with Gasteiger partial charge in [-0.1, -0.05) is 6.08 Å². The fourth-order valence-electron chi connectivity index (χ4n) is 5.29. The summed E-state index contributed by atoms with van der Waals surface area (Å²) in [6, 6.07) is 4.73. The number of imide groups is 1. The first-order chi connectivity index (χ1) is 17.0. The number of nitrogens with one attached hydrogen (secondary N) is 1. The number of hydrogen-bond acceptors (Lipinski definition) is 6. The third-order valence-electron chi connectivity index (χ3n) is 7.20. The van der Waals surface area contributed by atoms with Crippen LogP contribution in [-0.4, -0.2) is 64.9 Å². The van der Waals surface area contributed by atoms with Crippen molar-refractivity contribution in [1.29, 1.82) is 0 Å². The molecule has 1 aromatic rings. The third kappa shape index (κ3) is 4.99. The molecule has 2 fully saturated rings. The topological polar surface area (TPSA) is 108 Å². The van der Waals surface area contributed by atoms with Crippen LogP contribution in [0.3, 0.4) is 0 Å². The quantitative estimate of drug-likeness (QED) is 0.605. The van der Waals surface area contributed by atoms with E-state index < -0.39 is 11.9 Å². The maximum absolute atomic E-state index is 12.9. The van der Waals surface area contributed by atoms with E-state index in [1.54, 1.807) is 12.1 Å². The minimum Gasteiger partial charge on any atom is -0.491 e. The molecule has 1 N–H and O–H groups in total. The van der Waals surface area contributed by atoms with Crippen molar-refractivity contribution in [2.45, 2.75) is 70.0 Å². The lowest BCUT2D eigenvalue weighted by molar-refractivity contribution is -0.137. The van der Waals surface area contributed by atoms with Gasteiger partial charge in [-0.2, -0.15) is 0 Å². The molecule has 9 heteroatoms. The molecule has 4 amide bonds. The first-order valence-corrected chi connectivity index (χ1v) is 12.4. The molecule has 4 aliphatic rings. The molecule has 0 radical (unpaired) electrons. The zero-order valence-electron chi connectivity index (χ0n) is 19.7. The van der Waals surface area contributed by atoms with Gasteiger partial charge < -0.3 is 14.5 Å². The molecule has 184 valence electrons. The summed E-state index contributed by atoms with van der Waals surface area (Å²) in [6.45, 7) is 1.45. The van der Waals surface area contributed by atoms with E-state index in [0.29, 0.717) is 43.7 Å². The second-order valence-electron chi connectivity index (χ2n) is 9.51. The van der Waals surface area contributed by atoms with Crippen LogP contribution in [0.4, 0.5) is 0 Å². The Labute approximate surface area is 204 Å². The molecule has 0 spiro atoms. The van der Waals surface area contributed by atoms with Gasteiger partial charge in [0.15, 0.2) is 0 Å². The van der Waals surface area contributed by atoms with Gasteiger partial charge in [0.1, 0.15) is 18.4 Å². The number of ether oxygens (including phenoxy) is 1. The summed E-state index contributed by atoms with van der Waals surface area (Å²) >= 11 is 0. The average Bonchev–Trinajstić information content (AvgIpc) is 3.49. The molecule has 0 aliphatic carbocycles. The number of nitrogens with zero attached hydrogens (tertiary/aromatic N) is 3. The van der Waals surface area contributed by atoms with Crippen molar-refractivity contribution in [3.05, 3.63) is 41.1 Å². The van der Waals surface area contributed by atoms with E-state index in [1.807, 2.05) is 17.2 Å². The van der Waals surface area contributed by atoms with E-state index in [-0.39, 0.29) is 30.2 Å². The highest BCUT2D eigenvalue weighted by Crippen LogP contribution is 2.30. The summed E-state index contributed by atoms with van der Waals surface area (Å²) in [5, 5.41) is 2.32. The van der Waals surface area contributed by atoms with Crippen LogP contribution in [0.15, 0.2) is 35.0 Å². The fourth-order valence-corrected chi connectivity index (χ4v) is 5.29. The second-order valence-corrected chi connectivity index (χ2v) is 9.51. The van der Waals surface area contributed by atoms with Crippen LogP contribution < -0.4 is 10.1 Å². The molecule has 0 saturated carbocycles. The number of likely N-dealkylation sites (tertiary alicyclic amines) is 1. The number of hydrogen-bond donors (Lipinski definition) is 1. The molecule has 4 heterocycles. The SMILES string of the molecule is O=C1CCC(N2Cc3cc(OC[C@@H]4CCCCN4C(=O)CCC4=CCC=N4)ccc3C2=O)C(=O)N1. The maximum Gasteiger partial charge on any atom is 0.255 e. The van der Waals surface area contributed by atoms with Crippen molar-refractivity contribution >= 4 is 29.8 Å². The zero-order chi connectivity index (χ0) is 24.4. The van der Waals surface area contributed by atoms with Gasteiger partial charge in [0, 0.05) is 49.8 Å². The van der Waals surface area contributed by atoms with Crippen LogP contribution in [0.1, 0.15) is 67.3 Å². The van der Waals surface area contributed by atoms with Gasteiger partial charge in [0.05, 0.1) is 6.04 Å². The Balaban J connectivity index is 1.19. The minimum atomic E-state index is -0.635. The summed E-state index contributed by atoms with van der Waals surface area (Å²) < 4.78 is 6.10. The first-order valence-electron chi connectivity index (χ1n) is 12.4. The monoisotopic (exact) mass is 478 g/mol. The Morgan fingerprint density at radius 3 is 2.86 bits per heavy atom. The van der Waals surface area contributed by atoms with Crippen molar-refractivity contribution in [3.63, 3.8) is 0 Å². The van der Waals surface area contributed by atoms with Crippen molar-refractivity contribution in [2.24, 2.45) is 4.99 Å². The maximum atomic E-state index is 12.9. The number of fused-ring (bicyclic) bond motifs is 1. The summed E-state index contributed by atoms with van der Waals surface area (Å²) in [7, 11) is 0. The van der Waals surface area contributed by atoms with Gasteiger partial charge in [-0.3, -0.25) is 29.5 Å². The largest absolute Gasteiger partial charge is 0.491 e. The van der Waals surface area contributed by atoms with Crippen LogP contribution in [0.2, 0.25) is 0 Å². The molecule has 5 rings (SSSR count). The Morgan fingerprint density at radius 2 is 2.06 bits per heavy atom. The van der Waals surface area contributed by atoms with E-state index >= 15 is 0 Å². The van der Waals surface area contributed by atoms with Crippen LogP contribution in [0.25, 0.3) is 0 Å². The lowest BCUT2D eigenvalue weighted by Gasteiger charge is -2.35. The van der Waals surface area contributed by atoms with E-state index in [0.717, 1.165) is 43.5 Å². The van der Waals surface area contributed by atoms with Gasteiger partial charge in [-0.05, 0) is 55.9 Å². The van der Waals surface area contributed by atoms with Gasteiger partial charge in [-0.15, -0.1) is 0 Å². The highest BCUT2D eigenvalue weighted by molar-refractivity contribution is 6.05. The van der Waals surface area contributed by atoms with Crippen LogP contribution >= 0.6 is 0 Å². The number of aliphatic imine (C=N–C) groups is 1. The smallest absolute Gasteiger partial charge is 0.255 e. The summed E-state index contributed by atoms with van der Waals surface area (Å²) in [5.74, 6) is -0.139. The van der Waals surface area contributed by atoms with Crippen LogP contribution in [0, 0.1) is 0 Å². The standard InChI is InChI=1S/C26H30N4O5/c31-23-10-9-22(25(33)28-23)30-15-17-14-20(7-8-21(17)26(30)34)35-16-19-5-1-2-13-29(19)24(32)11-6-18-4-3-12-27-18/h4,7-8,12,14,19,22H,1-3,5-6,9-11,13,15-16H2,(H,28,31,33)/t19-,22?/m0/s1. The van der Waals surface area contributed by atoms with Gasteiger partial charge in [0.2, 0.25) is 17.7 Å². The molecule has 0 aromatic heterocycles. The number of allylic oxidation sites excluding steroid dienone is 2. The Kier molecular flexibility index (Phi) is 6.66. The normalized spacial score (nSPS) is 23.9. The first kappa shape index (κ1) is 23.3. The van der Waals surface area contributed by atoms with Crippen LogP contribution in [-0.2, 0) is 20.9 Å². The number of piperidine rings is 2. The average molecular weight is 479 g/mol. The van der Waals surface area contributed by atoms with E-state index in [4.69, 9.17) is 4.74 Å². The molecule has 2 atom stereocenters. The molecule has 1 unspecified atom stereocenters. The lowest BCUT2D eigenvalue weighted by atomic mass is 10.0. The zero-order valence-corrected chi connectivity index (χ0v) is 19.7. The van der Waals surface area contributed by atoms with Gasteiger partial charge in [-0.25, -0.2) is 0 Å².